The SMILES string of the molecule is CCS(=O)(=O)CCNc1cccc(N)c1[N+](=O)[O-]. The van der Waals surface area contributed by atoms with E-state index in [4.69, 9.17) is 5.73 Å². The molecule has 0 fully saturated rings. The van der Waals surface area contributed by atoms with Gasteiger partial charge in [-0.1, -0.05) is 13.0 Å². The van der Waals surface area contributed by atoms with Crippen LogP contribution >= 0.6 is 0 Å². The van der Waals surface area contributed by atoms with Crippen molar-refractivity contribution in [3.63, 3.8) is 0 Å². The summed E-state index contributed by atoms with van der Waals surface area (Å²) in [6.07, 6.45) is 0. The van der Waals surface area contributed by atoms with Gasteiger partial charge in [0.25, 0.3) is 0 Å². The molecule has 0 aliphatic heterocycles. The molecule has 0 saturated heterocycles. The van der Waals surface area contributed by atoms with Gasteiger partial charge in [0.05, 0.1) is 10.7 Å². The van der Waals surface area contributed by atoms with Gasteiger partial charge in [0.15, 0.2) is 9.84 Å². The van der Waals surface area contributed by atoms with E-state index in [2.05, 4.69) is 5.32 Å². The van der Waals surface area contributed by atoms with E-state index in [1.54, 1.807) is 13.0 Å². The van der Waals surface area contributed by atoms with Crippen molar-refractivity contribution in [1.29, 1.82) is 0 Å². The van der Waals surface area contributed by atoms with Crippen LogP contribution in [0.3, 0.4) is 0 Å². The first-order chi connectivity index (χ1) is 8.37. The number of hydrogen-bond acceptors (Lipinski definition) is 6. The predicted molar refractivity (Wildman–Crippen MR) is 70.3 cm³/mol. The number of sulfone groups is 1. The molecule has 7 nitrogen and oxygen atoms in total. The fourth-order valence-corrected chi connectivity index (χ4v) is 2.10. The molecule has 8 heteroatoms. The molecule has 0 amide bonds. The van der Waals surface area contributed by atoms with E-state index in [-0.39, 0.29) is 35.1 Å². The third kappa shape index (κ3) is 3.59. The third-order valence-electron chi connectivity index (χ3n) is 2.42. The molecule has 0 unspecified atom stereocenters. The van der Waals surface area contributed by atoms with Crippen LogP contribution in [0, 0.1) is 10.1 Å². The van der Waals surface area contributed by atoms with Crippen LogP contribution in [-0.2, 0) is 9.84 Å². The molecular formula is C10H15N3O4S. The van der Waals surface area contributed by atoms with Crippen LogP contribution in [0.2, 0.25) is 0 Å². The molecule has 0 aromatic heterocycles. The largest absolute Gasteiger partial charge is 0.393 e. The quantitative estimate of drug-likeness (QED) is 0.454. The average molecular weight is 273 g/mol. The summed E-state index contributed by atoms with van der Waals surface area (Å²) in [7, 11) is -3.10. The van der Waals surface area contributed by atoms with Gasteiger partial charge < -0.3 is 11.1 Å². The van der Waals surface area contributed by atoms with Gasteiger partial charge in [-0.05, 0) is 12.1 Å². The molecular weight excluding hydrogens is 258 g/mol. The molecule has 0 aliphatic rings. The molecule has 0 bridgehead atoms. The van der Waals surface area contributed by atoms with Gasteiger partial charge in [-0.3, -0.25) is 10.1 Å². The maximum Gasteiger partial charge on any atom is 0.314 e. The highest BCUT2D eigenvalue weighted by molar-refractivity contribution is 7.91. The Labute approximate surface area is 105 Å². The van der Waals surface area contributed by atoms with Gasteiger partial charge in [0, 0.05) is 12.3 Å². The summed E-state index contributed by atoms with van der Waals surface area (Å²) in [5, 5.41) is 13.6. The highest BCUT2D eigenvalue weighted by Gasteiger charge is 2.17. The van der Waals surface area contributed by atoms with E-state index in [0.29, 0.717) is 0 Å². The molecule has 3 N–H and O–H groups in total. The van der Waals surface area contributed by atoms with Crippen molar-refractivity contribution in [2.24, 2.45) is 0 Å². The molecule has 0 atom stereocenters. The Hall–Kier alpha value is -1.83. The minimum atomic E-state index is -3.10. The van der Waals surface area contributed by atoms with Gasteiger partial charge in [0.1, 0.15) is 11.4 Å². The summed E-state index contributed by atoms with van der Waals surface area (Å²) in [6, 6.07) is 4.48. The van der Waals surface area contributed by atoms with Crippen molar-refractivity contribution in [2.75, 3.05) is 29.1 Å². The lowest BCUT2D eigenvalue weighted by Gasteiger charge is -2.08. The van der Waals surface area contributed by atoms with E-state index in [1.807, 2.05) is 0 Å². The number of nitrogens with zero attached hydrogens (tertiary/aromatic N) is 1. The number of nitrogen functional groups attached to an aromatic ring is 1. The smallest absolute Gasteiger partial charge is 0.314 e. The van der Waals surface area contributed by atoms with Crippen molar-refractivity contribution in [3.8, 4) is 0 Å². The molecule has 0 radical (unpaired) electrons. The van der Waals surface area contributed by atoms with E-state index < -0.39 is 14.8 Å². The van der Waals surface area contributed by atoms with E-state index in [0.717, 1.165) is 0 Å². The molecule has 0 heterocycles. The second-order valence-electron chi connectivity index (χ2n) is 3.66. The molecule has 0 spiro atoms. The van der Waals surface area contributed by atoms with Crippen molar-refractivity contribution in [2.45, 2.75) is 6.92 Å². The maximum absolute atomic E-state index is 11.3. The number of nitrogens with one attached hydrogen (secondary N) is 1. The van der Waals surface area contributed by atoms with Gasteiger partial charge >= 0.3 is 5.69 Å². The standard InChI is InChI=1S/C10H15N3O4S/c1-2-18(16,17)7-6-12-9-5-3-4-8(11)10(9)13(14)15/h3-5,12H,2,6-7,11H2,1H3. The number of hydrogen-bond donors (Lipinski definition) is 2. The van der Waals surface area contributed by atoms with Crippen molar-refractivity contribution in [1.82, 2.24) is 0 Å². The minimum absolute atomic E-state index is 0.0448. The Morgan fingerprint density at radius 3 is 2.67 bits per heavy atom. The van der Waals surface area contributed by atoms with Crippen LogP contribution in [0.15, 0.2) is 18.2 Å². The fourth-order valence-electron chi connectivity index (χ4n) is 1.39. The fraction of sp³-hybridized carbons (Fsp3) is 0.400. The van der Waals surface area contributed by atoms with E-state index in [1.165, 1.54) is 12.1 Å². The highest BCUT2D eigenvalue weighted by atomic mass is 32.2. The molecule has 100 valence electrons. The summed E-state index contributed by atoms with van der Waals surface area (Å²) in [5.41, 5.74) is 5.55. The summed E-state index contributed by atoms with van der Waals surface area (Å²) in [6.45, 7) is 1.67. The van der Waals surface area contributed by atoms with Crippen LogP contribution in [0.5, 0.6) is 0 Å². The number of nitrogens with two attached hydrogens (primary N) is 1. The average Bonchev–Trinajstić information content (AvgIpc) is 2.28. The van der Waals surface area contributed by atoms with Gasteiger partial charge in [-0.25, -0.2) is 8.42 Å². The normalized spacial score (nSPS) is 11.2. The van der Waals surface area contributed by atoms with Crippen molar-refractivity contribution in [3.05, 3.63) is 28.3 Å². The lowest BCUT2D eigenvalue weighted by molar-refractivity contribution is -0.383. The molecule has 1 rings (SSSR count). The number of benzene rings is 1. The first-order valence-corrected chi connectivity index (χ1v) is 7.16. The van der Waals surface area contributed by atoms with Crippen molar-refractivity contribution < 1.29 is 13.3 Å². The first kappa shape index (κ1) is 14.2. The van der Waals surface area contributed by atoms with Crippen LogP contribution in [-0.4, -0.2) is 31.4 Å². The number of anilines is 2. The molecule has 0 aliphatic carbocycles. The van der Waals surface area contributed by atoms with Crippen LogP contribution in [0.4, 0.5) is 17.1 Å². The van der Waals surface area contributed by atoms with Crippen molar-refractivity contribution >= 4 is 26.9 Å². The summed E-state index contributed by atoms with van der Waals surface area (Å²) in [5.74, 6) is -0.0246. The Morgan fingerprint density at radius 2 is 2.11 bits per heavy atom. The highest BCUT2D eigenvalue weighted by Crippen LogP contribution is 2.30. The molecule has 0 saturated carbocycles. The zero-order valence-electron chi connectivity index (χ0n) is 9.92. The lowest BCUT2D eigenvalue weighted by Crippen LogP contribution is -2.17. The van der Waals surface area contributed by atoms with Crippen LogP contribution < -0.4 is 11.1 Å². The van der Waals surface area contributed by atoms with E-state index in [9.17, 15) is 18.5 Å². The minimum Gasteiger partial charge on any atom is -0.393 e. The topological polar surface area (TPSA) is 115 Å². The summed E-state index contributed by atoms with van der Waals surface area (Å²) >= 11 is 0. The Kier molecular flexibility index (Phi) is 4.49. The molecule has 1 aromatic rings. The maximum atomic E-state index is 11.3. The van der Waals surface area contributed by atoms with Crippen LogP contribution in [0.1, 0.15) is 6.92 Å². The zero-order valence-corrected chi connectivity index (χ0v) is 10.7. The number of nitro groups is 1. The predicted octanol–water partition coefficient (Wildman–Crippen LogP) is 1.02. The zero-order chi connectivity index (χ0) is 13.8. The number of para-hydroxylation sites is 1. The second-order valence-corrected chi connectivity index (χ2v) is 6.14. The monoisotopic (exact) mass is 273 g/mol. The summed E-state index contributed by atoms with van der Waals surface area (Å²) in [4.78, 5) is 10.2. The lowest BCUT2D eigenvalue weighted by atomic mass is 10.2. The van der Waals surface area contributed by atoms with Gasteiger partial charge in [-0.15, -0.1) is 0 Å². The Balaban J connectivity index is 2.80. The summed E-state index contributed by atoms with van der Waals surface area (Å²) < 4.78 is 22.6. The van der Waals surface area contributed by atoms with E-state index >= 15 is 0 Å². The van der Waals surface area contributed by atoms with Crippen LogP contribution in [0.25, 0.3) is 0 Å². The number of rotatable bonds is 6. The number of nitro benzene ring substituents is 1. The Bertz CT molecular complexity index is 542. The van der Waals surface area contributed by atoms with Gasteiger partial charge in [-0.2, -0.15) is 0 Å². The third-order valence-corrected chi connectivity index (χ3v) is 4.12. The Morgan fingerprint density at radius 1 is 1.44 bits per heavy atom. The second kappa shape index (κ2) is 5.67. The first-order valence-electron chi connectivity index (χ1n) is 5.34. The molecule has 1 aromatic carbocycles. The molecule has 18 heavy (non-hydrogen) atoms. The van der Waals surface area contributed by atoms with Gasteiger partial charge in [0.2, 0.25) is 0 Å².